The van der Waals surface area contributed by atoms with Gasteiger partial charge in [-0.25, -0.2) is 9.97 Å². The third kappa shape index (κ3) is 5.72. The van der Waals surface area contributed by atoms with E-state index >= 15 is 0 Å². The number of nitrogens with zero attached hydrogens (tertiary/aromatic N) is 5. The number of rotatable bonds is 7. The summed E-state index contributed by atoms with van der Waals surface area (Å²) in [6.07, 6.45) is 3.44. The van der Waals surface area contributed by atoms with Gasteiger partial charge in [0.2, 0.25) is 0 Å². The highest BCUT2D eigenvalue weighted by molar-refractivity contribution is 5.95. The van der Waals surface area contributed by atoms with Gasteiger partial charge in [0.1, 0.15) is 17.0 Å². The zero-order valence-corrected chi connectivity index (χ0v) is 25.1. The van der Waals surface area contributed by atoms with Crippen molar-refractivity contribution in [1.82, 2.24) is 29.2 Å². The Morgan fingerprint density at radius 1 is 1.02 bits per heavy atom. The molecule has 4 heterocycles. The van der Waals surface area contributed by atoms with Gasteiger partial charge in [0.25, 0.3) is 11.8 Å². The highest BCUT2D eigenvalue weighted by Crippen LogP contribution is 2.37. The van der Waals surface area contributed by atoms with E-state index in [2.05, 4.69) is 41.9 Å². The summed E-state index contributed by atoms with van der Waals surface area (Å²) < 4.78 is 9.97. The number of amides is 2. The predicted molar refractivity (Wildman–Crippen MR) is 165 cm³/mol. The van der Waals surface area contributed by atoms with Crippen molar-refractivity contribution in [3.05, 3.63) is 83.2 Å². The lowest BCUT2D eigenvalue weighted by Gasteiger charge is -2.13. The molecule has 1 saturated carbocycles. The van der Waals surface area contributed by atoms with Crippen LogP contribution in [0.5, 0.6) is 5.88 Å². The fourth-order valence-electron chi connectivity index (χ4n) is 5.09. The standard InChI is InChI=1S/C25H29N5O2.C8H9NO/c1-6-19-10-9-17-11-20(29(24(17)26-19)14-16-7-8-16)23-15(2)30-21(27-23)12-18(13-22(30)32-5)25(31)28(3)4;1-9-8(10)7-5-3-2-4-6-7/h9-13,16H,6-8,14H2,1-5H3;2-6H,1H3,(H,9,10). The van der Waals surface area contributed by atoms with Crippen molar-refractivity contribution in [2.45, 2.75) is 39.7 Å². The number of pyridine rings is 2. The minimum absolute atomic E-state index is 0.0411. The van der Waals surface area contributed by atoms with E-state index in [0.29, 0.717) is 28.6 Å². The molecule has 0 radical (unpaired) electrons. The van der Waals surface area contributed by atoms with E-state index in [1.165, 1.54) is 12.8 Å². The van der Waals surface area contributed by atoms with Crippen molar-refractivity contribution in [3.8, 4) is 17.3 Å². The molecule has 4 aromatic heterocycles. The Morgan fingerprint density at radius 3 is 2.38 bits per heavy atom. The molecule has 0 bridgehead atoms. The quantitative estimate of drug-likeness (QED) is 0.285. The number of benzene rings is 1. The van der Waals surface area contributed by atoms with Crippen molar-refractivity contribution < 1.29 is 14.3 Å². The minimum atomic E-state index is -0.0767. The SMILES string of the molecule is CCc1ccc2cc(-c3nc4cc(C(=O)N(C)C)cc(OC)n4c3C)n(CC3CC3)c2n1.CNC(=O)c1ccccc1. The summed E-state index contributed by atoms with van der Waals surface area (Å²) in [5, 5.41) is 3.67. The maximum Gasteiger partial charge on any atom is 0.253 e. The van der Waals surface area contributed by atoms with Gasteiger partial charge in [-0.3, -0.25) is 14.0 Å². The van der Waals surface area contributed by atoms with Crippen LogP contribution in [0.4, 0.5) is 0 Å². The number of aromatic nitrogens is 4. The number of aryl methyl sites for hydroxylation is 2. The molecule has 0 spiro atoms. The van der Waals surface area contributed by atoms with Crippen molar-refractivity contribution in [1.29, 1.82) is 0 Å². The van der Waals surface area contributed by atoms with Gasteiger partial charge >= 0.3 is 0 Å². The van der Waals surface area contributed by atoms with Crippen LogP contribution >= 0.6 is 0 Å². The molecule has 6 rings (SSSR count). The average Bonchev–Trinajstić information content (AvgIpc) is 3.69. The lowest BCUT2D eigenvalue weighted by molar-refractivity contribution is 0.0826. The molecular formula is C33H38N6O3. The number of hydrogen-bond donors (Lipinski definition) is 1. The number of fused-ring (bicyclic) bond motifs is 2. The lowest BCUT2D eigenvalue weighted by atomic mass is 10.2. The normalized spacial score (nSPS) is 12.6. The fraction of sp³-hybridized carbons (Fsp3) is 0.333. The van der Waals surface area contributed by atoms with E-state index in [0.717, 1.165) is 46.8 Å². The van der Waals surface area contributed by atoms with E-state index < -0.39 is 0 Å². The second-order valence-electron chi connectivity index (χ2n) is 10.8. The average molecular weight is 567 g/mol. The van der Waals surface area contributed by atoms with Gasteiger partial charge in [-0.1, -0.05) is 25.1 Å². The first kappa shape index (κ1) is 28.9. The van der Waals surface area contributed by atoms with Crippen molar-refractivity contribution in [3.63, 3.8) is 0 Å². The third-order valence-corrected chi connectivity index (χ3v) is 7.59. The fourth-order valence-corrected chi connectivity index (χ4v) is 5.09. The molecule has 9 heteroatoms. The second kappa shape index (κ2) is 12.1. The van der Waals surface area contributed by atoms with Crippen LogP contribution in [0.2, 0.25) is 0 Å². The van der Waals surface area contributed by atoms with Crippen LogP contribution in [0.3, 0.4) is 0 Å². The predicted octanol–water partition coefficient (Wildman–Crippen LogP) is 5.39. The summed E-state index contributed by atoms with van der Waals surface area (Å²) in [6, 6.07) is 19.2. The van der Waals surface area contributed by atoms with E-state index in [1.807, 2.05) is 28.7 Å². The topological polar surface area (TPSA) is 93.8 Å². The van der Waals surface area contributed by atoms with E-state index in [1.54, 1.807) is 51.4 Å². The van der Waals surface area contributed by atoms with Gasteiger partial charge in [-0.2, -0.15) is 0 Å². The number of methoxy groups -OCH3 is 1. The number of carbonyl (C=O) groups excluding carboxylic acids is 2. The van der Waals surface area contributed by atoms with Crippen molar-refractivity contribution in [2.75, 3.05) is 28.3 Å². The summed E-state index contributed by atoms with van der Waals surface area (Å²) >= 11 is 0. The highest BCUT2D eigenvalue weighted by Gasteiger charge is 2.27. The Kier molecular flexibility index (Phi) is 8.29. The van der Waals surface area contributed by atoms with E-state index in [9.17, 15) is 9.59 Å². The first-order chi connectivity index (χ1) is 20.2. The summed E-state index contributed by atoms with van der Waals surface area (Å²) in [5.74, 6) is 1.18. The van der Waals surface area contributed by atoms with Gasteiger partial charge in [-0.15, -0.1) is 0 Å². The van der Waals surface area contributed by atoms with Crippen molar-refractivity contribution >= 4 is 28.5 Å². The van der Waals surface area contributed by atoms with Crippen LogP contribution in [-0.4, -0.2) is 63.9 Å². The molecule has 1 fully saturated rings. The number of carbonyl (C=O) groups is 2. The first-order valence-electron chi connectivity index (χ1n) is 14.3. The monoisotopic (exact) mass is 566 g/mol. The van der Waals surface area contributed by atoms with Gasteiger partial charge < -0.3 is 19.5 Å². The van der Waals surface area contributed by atoms with Gasteiger partial charge in [0, 0.05) is 56.0 Å². The van der Waals surface area contributed by atoms with Crippen LogP contribution in [0, 0.1) is 12.8 Å². The molecule has 0 unspecified atom stereocenters. The Morgan fingerprint density at radius 2 is 1.76 bits per heavy atom. The summed E-state index contributed by atoms with van der Waals surface area (Å²) in [4.78, 5) is 35.0. The molecule has 9 nitrogen and oxygen atoms in total. The van der Waals surface area contributed by atoms with Gasteiger partial charge in [0.15, 0.2) is 5.88 Å². The Bertz CT molecular complexity index is 1750. The Hall–Kier alpha value is -4.66. The molecule has 1 aliphatic rings. The molecule has 1 N–H and O–H groups in total. The number of hydrogen-bond acceptors (Lipinski definition) is 5. The minimum Gasteiger partial charge on any atom is -0.482 e. The largest absolute Gasteiger partial charge is 0.482 e. The maximum absolute atomic E-state index is 12.6. The number of ether oxygens (including phenoxy) is 1. The summed E-state index contributed by atoms with van der Waals surface area (Å²) in [6.45, 7) is 5.14. The number of imidazole rings is 1. The van der Waals surface area contributed by atoms with Crippen LogP contribution in [0.1, 0.15) is 51.9 Å². The van der Waals surface area contributed by atoms with Crippen LogP contribution in [0.15, 0.2) is 60.7 Å². The van der Waals surface area contributed by atoms with Crippen molar-refractivity contribution in [2.24, 2.45) is 5.92 Å². The van der Waals surface area contributed by atoms with Gasteiger partial charge in [-0.05, 0) is 68.5 Å². The Balaban J connectivity index is 0.000000300. The molecule has 218 valence electrons. The smallest absolute Gasteiger partial charge is 0.253 e. The second-order valence-corrected chi connectivity index (χ2v) is 10.8. The number of nitrogens with one attached hydrogen (secondary N) is 1. The third-order valence-electron chi connectivity index (χ3n) is 7.59. The zero-order valence-electron chi connectivity index (χ0n) is 25.1. The summed E-state index contributed by atoms with van der Waals surface area (Å²) in [5.41, 5.74) is 7.03. The van der Waals surface area contributed by atoms with Crippen LogP contribution in [0.25, 0.3) is 28.1 Å². The molecule has 0 atom stereocenters. The van der Waals surface area contributed by atoms with Gasteiger partial charge in [0.05, 0.1) is 18.5 Å². The molecule has 0 aliphatic heterocycles. The maximum atomic E-state index is 12.6. The molecule has 42 heavy (non-hydrogen) atoms. The van der Waals surface area contributed by atoms with E-state index in [4.69, 9.17) is 14.7 Å². The van der Waals surface area contributed by atoms with Crippen LogP contribution < -0.4 is 10.1 Å². The molecular weight excluding hydrogens is 528 g/mol. The molecule has 1 aliphatic carbocycles. The zero-order chi connectivity index (χ0) is 30.0. The molecule has 5 aromatic rings. The first-order valence-corrected chi connectivity index (χ1v) is 14.3. The van der Waals surface area contributed by atoms with Crippen LogP contribution in [-0.2, 0) is 13.0 Å². The lowest BCUT2D eigenvalue weighted by Crippen LogP contribution is -2.22. The highest BCUT2D eigenvalue weighted by atomic mass is 16.5. The Labute approximate surface area is 246 Å². The molecule has 2 amide bonds. The molecule has 1 aromatic carbocycles. The summed E-state index contributed by atoms with van der Waals surface area (Å²) in [7, 11) is 6.73. The van der Waals surface area contributed by atoms with E-state index in [-0.39, 0.29) is 11.8 Å². The molecule has 0 saturated heterocycles.